The predicted molar refractivity (Wildman–Crippen MR) is 97.8 cm³/mol. The molecule has 5 N–H and O–H groups in total. The van der Waals surface area contributed by atoms with E-state index < -0.39 is 6.03 Å². The van der Waals surface area contributed by atoms with E-state index in [-0.39, 0.29) is 5.95 Å². The van der Waals surface area contributed by atoms with Gasteiger partial charge in [0, 0.05) is 29.4 Å². The molecule has 130 valence electrons. The second-order valence-electron chi connectivity index (χ2n) is 5.54. The number of aryl methyl sites for hydroxylation is 1. The molecule has 25 heavy (non-hydrogen) atoms. The Balaban J connectivity index is 1.65. The summed E-state index contributed by atoms with van der Waals surface area (Å²) in [5, 5.41) is 9.47. The number of carbonyl (C=O) groups excluding carboxylic acids is 1. The zero-order valence-corrected chi connectivity index (χ0v) is 13.9. The Morgan fingerprint density at radius 3 is 2.92 bits per heavy atom. The number of nitrogens with one attached hydrogen (secondary N) is 3. The average Bonchev–Trinajstić information content (AvgIpc) is 3.02. The molecular formula is C17H20N6O2. The van der Waals surface area contributed by atoms with Gasteiger partial charge in [-0.3, -0.25) is 5.32 Å². The topological polar surface area (TPSA) is 118 Å². The Bertz CT molecular complexity index is 876. The zero-order chi connectivity index (χ0) is 17.6. The predicted octanol–water partition coefficient (Wildman–Crippen LogP) is 2.94. The number of fused-ring (bicyclic) bond motifs is 1. The van der Waals surface area contributed by atoms with Crippen molar-refractivity contribution in [2.45, 2.75) is 13.3 Å². The molecule has 0 aliphatic heterocycles. The number of furan rings is 1. The van der Waals surface area contributed by atoms with E-state index in [9.17, 15) is 4.79 Å². The standard InChI is InChI=1S/C17H20N6O2/c1-11-9-15(19-7-2-6-18)22-16(20-11)23-17(24)21-13-3-4-14-12(10-13)5-8-25-14/h3-5,8-10H,2,6-7,18H2,1H3,(H3,19,20,21,22,23,24). The fourth-order valence-corrected chi connectivity index (χ4v) is 2.34. The largest absolute Gasteiger partial charge is 0.464 e. The molecule has 0 aliphatic carbocycles. The average molecular weight is 340 g/mol. The Hall–Kier alpha value is -3.13. The highest BCUT2D eigenvalue weighted by atomic mass is 16.3. The number of benzene rings is 1. The van der Waals surface area contributed by atoms with Crippen molar-refractivity contribution in [1.29, 1.82) is 0 Å². The highest BCUT2D eigenvalue weighted by Gasteiger charge is 2.08. The van der Waals surface area contributed by atoms with Crippen molar-refractivity contribution in [3.8, 4) is 0 Å². The molecule has 8 nitrogen and oxygen atoms in total. The van der Waals surface area contributed by atoms with Crippen LogP contribution in [0.3, 0.4) is 0 Å². The van der Waals surface area contributed by atoms with Crippen LogP contribution in [0.5, 0.6) is 0 Å². The first-order valence-electron chi connectivity index (χ1n) is 7.99. The van der Waals surface area contributed by atoms with Crippen LogP contribution in [0.4, 0.5) is 22.2 Å². The molecule has 3 rings (SSSR count). The summed E-state index contributed by atoms with van der Waals surface area (Å²) < 4.78 is 5.28. The summed E-state index contributed by atoms with van der Waals surface area (Å²) in [6, 6.07) is 8.63. The third-order valence-corrected chi connectivity index (χ3v) is 3.48. The molecule has 0 aliphatic rings. The molecule has 0 bridgehead atoms. The number of nitrogens with zero attached hydrogens (tertiary/aromatic N) is 2. The van der Waals surface area contributed by atoms with E-state index in [2.05, 4.69) is 25.9 Å². The van der Waals surface area contributed by atoms with Crippen molar-refractivity contribution in [1.82, 2.24) is 9.97 Å². The van der Waals surface area contributed by atoms with Crippen LogP contribution in [0.15, 0.2) is 41.0 Å². The smallest absolute Gasteiger partial charge is 0.326 e. The van der Waals surface area contributed by atoms with Gasteiger partial charge in [0.05, 0.1) is 6.26 Å². The maximum atomic E-state index is 12.2. The number of hydrogen-bond acceptors (Lipinski definition) is 6. The Kier molecular flexibility index (Phi) is 5.10. The van der Waals surface area contributed by atoms with Crippen molar-refractivity contribution in [3.05, 3.63) is 42.3 Å². The molecule has 2 aromatic heterocycles. The fourth-order valence-electron chi connectivity index (χ4n) is 2.34. The lowest BCUT2D eigenvalue weighted by Crippen LogP contribution is -2.21. The van der Waals surface area contributed by atoms with Gasteiger partial charge in [-0.1, -0.05) is 0 Å². The van der Waals surface area contributed by atoms with Crippen molar-refractivity contribution in [3.63, 3.8) is 0 Å². The zero-order valence-electron chi connectivity index (χ0n) is 13.9. The first-order chi connectivity index (χ1) is 12.1. The van der Waals surface area contributed by atoms with Crippen LogP contribution in [0.2, 0.25) is 0 Å². The number of nitrogens with two attached hydrogens (primary N) is 1. The molecule has 0 fully saturated rings. The summed E-state index contributed by atoms with van der Waals surface area (Å²) in [6.45, 7) is 3.15. The highest BCUT2D eigenvalue weighted by molar-refractivity contribution is 6.00. The van der Waals surface area contributed by atoms with E-state index in [1.54, 1.807) is 18.4 Å². The minimum atomic E-state index is -0.415. The van der Waals surface area contributed by atoms with Gasteiger partial charge < -0.3 is 20.8 Å². The Labute approximate surface area is 144 Å². The van der Waals surface area contributed by atoms with E-state index in [0.29, 0.717) is 24.6 Å². The van der Waals surface area contributed by atoms with E-state index >= 15 is 0 Å². The van der Waals surface area contributed by atoms with Crippen LogP contribution < -0.4 is 21.7 Å². The van der Waals surface area contributed by atoms with E-state index in [1.807, 2.05) is 25.1 Å². The molecule has 0 atom stereocenters. The Morgan fingerprint density at radius 2 is 2.08 bits per heavy atom. The number of rotatable bonds is 6. The lowest BCUT2D eigenvalue weighted by atomic mass is 10.2. The molecule has 0 spiro atoms. The second-order valence-corrected chi connectivity index (χ2v) is 5.54. The monoisotopic (exact) mass is 340 g/mol. The minimum Gasteiger partial charge on any atom is -0.464 e. The van der Waals surface area contributed by atoms with Gasteiger partial charge in [0.1, 0.15) is 11.4 Å². The van der Waals surface area contributed by atoms with E-state index in [1.165, 1.54) is 0 Å². The molecule has 0 unspecified atom stereocenters. The van der Waals surface area contributed by atoms with Crippen LogP contribution in [0.1, 0.15) is 12.1 Å². The molecule has 0 radical (unpaired) electrons. The second kappa shape index (κ2) is 7.63. The molecule has 0 saturated heterocycles. The van der Waals surface area contributed by atoms with Crippen LogP contribution in [0.25, 0.3) is 11.0 Å². The summed E-state index contributed by atoms with van der Waals surface area (Å²) in [7, 11) is 0. The first kappa shape index (κ1) is 16.7. The van der Waals surface area contributed by atoms with Gasteiger partial charge in [-0.15, -0.1) is 0 Å². The van der Waals surface area contributed by atoms with Gasteiger partial charge in [-0.2, -0.15) is 4.98 Å². The van der Waals surface area contributed by atoms with Gasteiger partial charge >= 0.3 is 6.03 Å². The maximum absolute atomic E-state index is 12.2. The van der Waals surface area contributed by atoms with Crippen LogP contribution in [-0.4, -0.2) is 29.1 Å². The maximum Gasteiger partial charge on any atom is 0.326 e. The van der Waals surface area contributed by atoms with Crippen LogP contribution in [-0.2, 0) is 0 Å². The van der Waals surface area contributed by atoms with Crippen molar-refractivity contribution in [2.75, 3.05) is 29.0 Å². The third-order valence-electron chi connectivity index (χ3n) is 3.48. The molecule has 1 aromatic carbocycles. The number of urea groups is 1. The number of aromatic nitrogens is 2. The quantitative estimate of drug-likeness (QED) is 0.512. The van der Waals surface area contributed by atoms with Gasteiger partial charge in [0.15, 0.2) is 0 Å². The minimum absolute atomic E-state index is 0.233. The molecule has 0 saturated carbocycles. The third kappa shape index (κ3) is 4.45. The fraction of sp³-hybridized carbons (Fsp3) is 0.235. The summed E-state index contributed by atoms with van der Waals surface area (Å²) in [4.78, 5) is 20.7. The van der Waals surface area contributed by atoms with E-state index in [0.717, 1.165) is 23.1 Å². The van der Waals surface area contributed by atoms with E-state index in [4.69, 9.17) is 10.2 Å². The number of amides is 2. The van der Waals surface area contributed by atoms with Crippen LogP contribution in [0, 0.1) is 6.92 Å². The molecule has 2 amide bonds. The van der Waals surface area contributed by atoms with Crippen molar-refractivity contribution < 1.29 is 9.21 Å². The normalized spacial score (nSPS) is 10.6. The number of carbonyl (C=O) groups is 1. The molecule has 8 heteroatoms. The Morgan fingerprint density at radius 1 is 1.20 bits per heavy atom. The van der Waals surface area contributed by atoms with Crippen molar-refractivity contribution >= 4 is 34.5 Å². The highest BCUT2D eigenvalue weighted by Crippen LogP contribution is 2.20. The van der Waals surface area contributed by atoms with Gasteiger partial charge in [0.25, 0.3) is 0 Å². The van der Waals surface area contributed by atoms with Crippen LogP contribution >= 0.6 is 0 Å². The first-order valence-corrected chi connectivity index (χ1v) is 7.99. The van der Waals surface area contributed by atoms with Gasteiger partial charge in [-0.05, 0) is 44.2 Å². The van der Waals surface area contributed by atoms with Crippen molar-refractivity contribution in [2.24, 2.45) is 5.73 Å². The van der Waals surface area contributed by atoms with Gasteiger partial charge in [0.2, 0.25) is 5.95 Å². The summed E-state index contributed by atoms with van der Waals surface area (Å²) in [6.07, 6.45) is 2.44. The summed E-state index contributed by atoms with van der Waals surface area (Å²) in [5.41, 5.74) is 7.64. The number of hydrogen-bond donors (Lipinski definition) is 4. The summed E-state index contributed by atoms with van der Waals surface area (Å²) >= 11 is 0. The molecular weight excluding hydrogens is 320 g/mol. The van der Waals surface area contributed by atoms with Gasteiger partial charge in [-0.25, -0.2) is 9.78 Å². The lowest BCUT2D eigenvalue weighted by Gasteiger charge is -2.10. The lowest BCUT2D eigenvalue weighted by molar-refractivity contribution is 0.262. The molecule has 3 aromatic rings. The number of anilines is 3. The molecule has 2 heterocycles. The summed E-state index contributed by atoms with van der Waals surface area (Å²) in [5.74, 6) is 0.883. The SMILES string of the molecule is Cc1cc(NCCCN)nc(NC(=O)Nc2ccc3occc3c2)n1.